The van der Waals surface area contributed by atoms with Crippen LogP contribution in [0, 0.1) is 0 Å². The molecule has 26 heavy (non-hydrogen) atoms. The van der Waals surface area contributed by atoms with Crippen LogP contribution in [0.25, 0.3) is 22.0 Å². The lowest BCUT2D eigenvalue weighted by molar-refractivity contribution is -0.274. The molecule has 0 aliphatic rings. The summed E-state index contributed by atoms with van der Waals surface area (Å²) in [7, 11) is 0. The van der Waals surface area contributed by atoms with E-state index in [4.69, 9.17) is 11.5 Å². The molecule has 6 nitrogen and oxygen atoms in total. The molecule has 0 saturated carbocycles. The van der Waals surface area contributed by atoms with E-state index in [9.17, 15) is 22.8 Å². The van der Waals surface area contributed by atoms with Crippen LogP contribution in [0.15, 0.2) is 48.7 Å². The molecule has 1 heterocycles. The van der Waals surface area contributed by atoms with Crippen LogP contribution in [0.4, 0.5) is 18.0 Å². The highest BCUT2D eigenvalue weighted by molar-refractivity contribution is 6.02. The number of hydrogen-bond acceptors (Lipinski definition) is 3. The Labute approximate surface area is 144 Å². The Morgan fingerprint density at radius 2 is 1.65 bits per heavy atom. The molecule has 134 valence electrons. The lowest BCUT2D eigenvalue weighted by atomic mass is 10.0. The highest BCUT2D eigenvalue weighted by Crippen LogP contribution is 2.34. The predicted octanol–water partition coefficient (Wildman–Crippen LogP) is 3.23. The third kappa shape index (κ3) is 3.32. The summed E-state index contributed by atoms with van der Waals surface area (Å²) in [6.45, 7) is 0. The Balaban J connectivity index is 2.17. The zero-order valence-corrected chi connectivity index (χ0v) is 13.1. The van der Waals surface area contributed by atoms with Gasteiger partial charge in [0.25, 0.3) is 0 Å². The highest BCUT2D eigenvalue weighted by Gasteiger charge is 2.31. The molecule has 0 atom stereocenters. The van der Waals surface area contributed by atoms with Crippen molar-refractivity contribution in [1.29, 1.82) is 0 Å². The summed E-state index contributed by atoms with van der Waals surface area (Å²) in [5, 5.41) is 0.331. The van der Waals surface area contributed by atoms with Crippen LogP contribution in [0.5, 0.6) is 5.75 Å². The fourth-order valence-electron chi connectivity index (χ4n) is 2.63. The van der Waals surface area contributed by atoms with E-state index in [1.165, 1.54) is 30.5 Å². The maximum absolute atomic E-state index is 12.5. The minimum atomic E-state index is -4.84. The fourth-order valence-corrected chi connectivity index (χ4v) is 2.63. The van der Waals surface area contributed by atoms with Crippen LogP contribution in [0.1, 0.15) is 10.4 Å². The molecule has 2 aromatic carbocycles. The third-order valence-corrected chi connectivity index (χ3v) is 3.73. The van der Waals surface area contributed by atoms with Gasteiger partial charge in [0.1, 0.15) is 5.75 Å². The van der Waals surface area contributed by atoms with Crippen molar-refractivity contribution in [2.24, 2.45) is 11.5 Å². The van der Waals surface area contributed by atoms with Crippen molar-refractivity contribution >= 4 is 22.8 Å². The highest BCUT2D eigenvalue weighted by atomic mass is 19.4. The van der Waals surface area contributed by atoms with E-state index in [-0.39, 0.29) is 5.56 Å². The van der Waals surface area contributed by atoms with Gasteiger partial charge in [0.05, 0.1) is 5.52 Å². The molecule has 0 spiro atoms. The summed E-state index contributed by atoms with van der Waals surface area (Å²) in [4.78, 5) is 22.8. The van der Waals surface area contributed by atoms with Gasteiger partial charge in [0, 0.05) is 22.7 Å². The molecule has 0 aliphatic carbocycles. The van der Waals surface area contributed by atoms with E-state index >= 15 is 0 Å². The summed E-state index contributed by atoms with van der Waals surface area (Å²) in [5.74, 6) is -1.04. The quantitative estimate of drug-likeness (QED) is 0.747. The molecule has 0 saturated heterocycles. The average molecular weight is 363 g/mol. The van der Waals surface area contributed by atoms with Crippen molar-refractivity contribution in [1.82, 2.24) is 4.57 Å². The monoisotopic (exact) mass is 363 g/mol. The summed E-state index contributed by atoms with van der Waals surface area (Å²) in [6.07, 6.45) is -3.44. The van der Waals surface area contributed by atoms with Crippen LogP contribution in [0.3, 0.4) is 0 Å². The number of benzene rings is 2. The van der Waals surface area contributed by atoms with Gasteiger partial charge in [-0.25, -0.2) is 4.79 Å². The number of halogens is 3. The molecule has 0 aliphatic heterocycles. The van der Waals surface area contributed by atoms with Crippen molar-refractivity contribution in [2.45, 2.75) is 6.36 Å². The maximum Gasteiger partial charge on any atom is 0.573 e. The van der Waals surface area contributed by atoms with Crippen molar-refractivity contribution in [3.05, 3.63) is 54.2 Å². The lowest BCUT2D eigenvalue weighted by Gasteiger charge is -2.09. The number of aromatic nitrogens is 1. The summed E-state index contributed by atoms with van der Waals surface area (Å²) >= 11 is 0. The van der Waals surface area contributed by atoms with E-state index in [0.717, 1.165) is 10.6 Å². The number of alkyl halides is 3. The van der Waals surface area contributed by atoms with Crippen molar-refractivity contribution < 1.29 is 27.5 Å². The van der Waals surface area contributed by atoms with Crippen molar-refractivity contribution in [3.63, 3.8) is 0 Å². The smallest absolute Gasteiger partial charge is 0.406 e. The molecule has 3 rings (SSSR count). The normalized spacial score (nSPS) is 11.5. The first-order valence-electron chi connectivity index (χ1n) is 7.26. The molecule has 0 fully saturated rings. The molecule has 4 N–H and O–H groups in total. The summed E-state index contributed by atoms with van der Waals surface area (Å²) in [5.41, 5.74) is 12.1. The number of rotatable bonds is 3. The molecule has 0 radical (unpaired) electrons. The van der Waals surface area contributed by atoms with Gasteiger partial charge in [0.15, 0.2) is 0 Å². The van der Waals surface area contributed by atoms with E-state index in [1.54, 1.807) is 12.1 Å². The predicted molar refractivity (Wildman–Crippen MR) is 87.6 cm³/mol. The fraction of sp³-hybridized carbons (Fsp3) is 0.0588. The number of carbonyl (C=O) groups excluding carboxylic acids is 2. The van der Waals surface area contributed by atoms with Gasteiger partial charge >= 0.3 is 12.4 Å². The van der Waals surface area contributed by atoms with Gasteiger partial charge in [-0.05, 0) is 35.9 Å². The van der Waals surface area contributed by atoms with Crippen LogP contribution in [-0.4, -0.2) is 22.9 Å². The molecule has 0 unspecified atom stereocenters. The number of nitrogens with two attached hydrogens (primary N) is 2. The third-order valence-electron chi connectivity index (χ3n) is 3.73. The van der Waals surface area contributed by atoms with Crippen molar-refractivity contribution in [2.75, 3.05) is 0 Å². The topological polar surface area (TPSA) is 100 Å². The second kappa shape index (κ2) is 6.10. The molecule has 0 bridgehead atoms. The van der Waals surface area contributed by atoms with E-state index < -0.39 is 24.1 Å². The standard InChI is InChI=1S/C17H12F3N3O3/c18-17(19,20)26-11-5-6-14-12(7-11)13(8-23(14)16(22)25)9-1-3-10(4-2-9)15(21)24/h1-8H,(H2,21,24)(H2,22,25). The SMILES string of the molecule is NC(=O)c1ccc(-c2cn(C(N)=O)c3ccc(OC(F)(F)F)cc23)cc1. The van der Waals surface area contributed by atoms with Crippen molar-refractivity contribution in [3.8, 4) is 16.9 Å². The average Bonchev–Trinajstić information content (AvgIpc) is 2.92. The Morgan fingerprint density at radius 3 is 2.19 bits per heavy atom. The Bertz CT molecular complexity index is 1010. The summed E-state index contributed by atoms with van der Waals surface area (Å²) in [6, 6.07) is 8.86. The Kier molecular flexibility index (Phi) is 4.07. The number of amides is 2. The van der Waals surface area contributed by atoms with Gasteiger partial charge in [0.2, 0.25) is 5.91 Å². The van der Waals surface area contributed by atoms with Gasteiger partial charge in [-0.3, -0.25) is 9.36 Å². The molecular weight excluding hydrogens is 351 g/mol. The molecule has 2 amide bonds. The first kappa shape index (κ1) is 17.3. The van der Waals surface area contributed by atoms with Gasteiger partial charge in [-0.1, -0.05) is 12.1 Å². The van der Waals surface area contributed by atoms with Gasteiger partial charge in [-0.2, -0.15) is 0 Å². The van der Waals surface area contributed by atoms with Crippen LogP contribution < -0.4 is 16.2 Å². The molecule has 9 heteroatoms. The largest absolute Gasteiger partial charge is 0.573 e. The minimum absolute atomic E-state index is 0.272. The number of primary amides is 2. The number of fused-ring (bicyclic) bond motifs is 1. The number of carbonyl (C=O) groups is 2. The minimum Gasteiger partial charge on any atom is -0.406 e. The van der Waals surface area contributed by atoms with Gasteiger partial charge < -0.3 is 16.2 Å². The second-order valence-corrected chi connectivity index (χ2v) is 5.42. The Morgan fingerprint density at radius 1 is 1.00 bits per heavy atom. The van der Waals surface area contributed by atoms with E-state index in [1.807, 2.05) is 0 Å². The van der Waals surface area contributed by atoms with Crippen LogP contribution >= 0.6 is 0 Å². The van der Waals surface area contributed by atoms with Crippen LogP contribution in [-0.2, 0) is 0 Å². The zero-order valence-electron chi connectivity index (χ0n) is 13.1. The molecule has 3 aromatic rings. The number of hydrogen-bond donors (Lipinski definition) is 2. The first-order chi connectivity index (χ1) is 12.2. The zero-order chi connectivity index (χ0) is 19.1. The Hall–Kier alpha value is -3.49. The van der Waals surface area contributed by atoms with E-state index in [0.29, 0.717) is 22.0 Å². The van der Waals surface area contributed by atoms with Crippen LogP contribution in [0.2, 0.25) is 0 Å². The summed E-state index contributed by atoms with van der Waals surface area (Å²) < 4.78 is 42.5. The molecule has 1 aromatic heterocycles. The van der Waals surface area contributed by atoms with E-state index in [2.05, 4.69) is 4.74 Å². The lowest BCUT2D eigenvalue weighted by Crippen LogP contribution is -2.18. The first-order valence-corrected chi connectivity index (χ1v) is 7.26. The maximum atomic E-state index is 12.5. The van der Waals surface area contributed by atoms with Gasteiger partial charge in [-0.15, -0.1) is 13.2 Å². The number of ether oxygens (including phenoxy) is 1. The second-order valence-electron chi connectivity index (χ2n) is 5.42. The molecular formula is C17H12F3N3O3. The number of nitrogens with zero attached hydrogens (tertiary/aromatic N) is 1.